The molecular formula is C12H16N2O3. The maximum Gasteiger partial charge on any atom is 0.239 e. The molecule has 0 aromatic carbocycles. The van der Waals surface area contributed by atoms with Gasteiger partial charge in [0.2, 0.25) is 11.8 Å². The van der Waals surface area contributed by atoms with Crippen LogP contribution in [0, 0.1) is 0 Å². The molecule has 1 aliphatic heterocycles. The average Bonchev–Trinajstić information content (AvgIpc) is 2.77. The number of carbonyl (C=O) groups excluding carboxylic acids is 2. The van der Waals surface area contributed by atoms with Crippen molar-refractivity contribution in [2.24, 2.45) is 0 Å². The van der Waals surface area contributed by atoms with Crippen molar-refractivity contribution in [3.8, 4) is 0 Å². The summed E-state index contributed by atoms with van der Waals surface area (Å²) in [6.07, 6.45) is 4.30. The van der Waals surface area contributed by atoms with Gasteiger partial charge in [-0.1, -0.05) is 0 Å². The summed E-state index contributed by atoms with van der Waals surface area (Å²) in [4.78, 5) is 24.8. The molecule has 0 aliphatic carbocycles. The number of piperazine rings is 1. The van der Waals surface area contributed by atoms with Gasteiger partial charge in [0.15, 0.2) is 0 Å². The third-order valence-corrected chi connectivity index (χ3v) is 2.80. The van der Waals surface area contributed by atoms with Gasteiger partial charge in [-0.2, -0.15) is 0 Å². The molecule has 0 radical (unpaired) electrons. The highest BCUT2D eigenvalue weighted by Gasteiger charge is 2.24. The monoisotopic (exact) mass is 236 g/mol. The molecule has 1 atom stereocenters. The second kappa shape index (κ2) is 5.03. The number of carbonyl (C=O) groups is 2. The Labute approximate surface area is 99.8 Å². The summed E-state index contributed by atoms with van der Waals surface area (Å²) in [5.41, 5.74) is 1.01. The Morgan fingerprint density at radius 3 is 3.12 bits per heavy atom. The predicted molar refractivity (Wildman–Crippen MR) is 61.2 cm³/mol. The smallest absolute Gasteiger partial charge is 0.239 e. The molecule has 1 aromatic heterocycles. The molecule has 0 bridgehead atoms. The molecule has 0 spiro atoms. The molecule has 2 rings (SSSR count). The van der Waals surface area contributed by atoms with Crippen LogP contribution < -0.4 is 5.32 Å². The normalized spacial score (nSPS) is 20.2. The topological polar surface area (TPSA) is 62.6 Å². The highest BCUT2D eigenvalue weighted by atomic mass is 16.3. The van der Waals surface area contributed by atoms with E-state index >= 15 is 0 Å². The second-order valence-electron chi connectivity index (χ2n) is 4.37. The molecule has 2 amide bonds. The van der Waals surface area contributed by atoms with Gasteiger partial charge in [-0.15, -0.1) is 0 Å². The van der Waals surface area contributed by atoms with Crippen molar-refractivity contribution in [3.05, 3.63) is 24.2 Å². The Hall–Kier alpha value is -1.78. The molecular weight excluding hydrogens is 220 g/mol. The molecule has 1 aromatic rings. The number of aryl methyl sites for hydroxylation is 1. The molecule has 1 N–H and O–H groups in total. The first-order chi connectivity index (χ1) is 8.15. The van der Waals surface area contributed by atoms with Gasteiger partial charge >= 0.3 is 0 Å². The number of nitrogens with zero attached hydrogens (tertiary/aromatic N) is 1. The highest BCUT2D eigenvalue weighted by molar-refractivity contribution is 5.86. The van der Waals surface area contributed by atoms with E-state index in [1.165, 1.54) is 0 Å². The van der Waals surface area contributed by atoms with Crippen LogP contribution >= 0.6 is 0 Å². The Morgan fingerprint density at radius 2 is 2.47 bits per heavy atom. The van der Waals surface area contributed by atoms with E-state index in [2.05, 4.69) is 5.32 Å². The van der Waals surface area contributed by atoms with Crippen LogP contribution in [-0.2, 0) is 16.0 Å². The van der Waals surface area contributed by atoms with Gasteiger partial charge < -0.3 is 14.6 Å². The van der Waals surface area contributed by atoms with Gasteiger partial charge in [-0.25, -0.2) is 0 Å². The Kier molecular flexibility index (Phi) is 3.46. The molecule has 1 saturated heterocycles. The summed E-state index contributed by atoms with van der Waals surface area (Å²) < 4.78 is 4.94. The lowest BCUT2D eigenvalue weighted by molar-refractivity contribution is -0.139. The predicted octanol–water partition coefficient (Wildman–Crippen LogP) is 0.559. The van der Waals surface area contributed by atoms with Crippen molar-refractivity contribution in [1.29, 1.82) is 0 Å². The summed E-state index contributed by atoms with van der Waals surface area (Å²) in [6, 6.07) is 1.88. The number of hydrogen-bond donors (Lipinski definition) is 1. The summed E-state index contributed by atoms with van der Waals surface area (Å²) in [5, 5.41) is 2.79. The first-order valence-corrected chi connectivity index (χ1v) is 5.73. The SMILES string of the molecule is CC1CN(C(=O)CCc2ccoc2)CC(=O)N1. The fraction of sp³-hybridized carbons (Fsp3) is 0.500. The van der Waals surface area contributed by atoms with Crippen LogP contribution in [0.3, 0.4) is 0 Å². The molecule has 17 heavy (non-hydrogen) atoms. The van der Waals surface area contributed by atoms with Crippen molar-refractivity contribution in [3.63, 3.8) is 0 Å². The number of nitrogens with one attached hydrogen (secondary N) is 1. The fourth-order valence-electron chi connectivity index (χ4n) is 1.97. The minimum atomic E-state index is -0.0830. The van der Waals surface area contributed by atoms with E-state index in [0.717, 1.165) is 5.56 Å². The summed E-state index contributed by atoms with van der Waals surface area (Å²) in [7, 11) is 0. The summed E-state index contributed by atoms with van der Waals surface area (Å²) in [5.74, 6) is -0.0617. The van der Waals surface area contributed by atoms with E-state index in [0.29, 0.717) is 19.4 Å². The van der Waals surface area contributed by atoms with Gasteiger partial charge in [-0.3, -0.25) is 9.59 Å². The number of hydrogen-bond acceptors (Lipinski definition) is 3. The average molecular weight is 236 g/mol. The minimum absolute atomic E-state index is 0.0212. The Bertz CT molecular complexity index is 400. The van der Waals surface area contributed by atoms with E-state index in [4.69, 9.17) is 4.42 Å². The summed E-state index contributed by atoms with van der Waals surface area (Å²) >= 11 is 0. The zero-order chi connectivity index (χ0) is 12.3. The van der Waals surface area contributed by atoms with Gasteiger partial charge in [0.25, 0.3) is 0 Å². The first-order valence-electron chi connectivity index (χ1n) is 5.73. The van der Waals surface area contributed by atoms with Crippen molar-refractivity contribution < 1.29 is 14.0 Å². The molecule has 1 unspecified atom stereocenters. The zero-order valence-corrected chi connectivity index (χ0v) is 9.81. The third-order valence-electron chi connectivity index (χ3n) is 2.80. The zero-order valence-electron chi connectivity index (χ0n) is 9.81. The molecule has 2 heterocycles. The standard InChI is InChI=1S/C12H16N2O3/c1-9-6-14(7-11(15)13-9)12(16)3-2-10-4-5-17-8-10/h4-5,8-9H,2-3,6-7H2,1H3,(H,13,15). The number of rotatable bonds is 3. The van der Waals surface area contributed by atoms with Gasteiger partial charge in [0.05, 0.1) is 19.1 Å². The van der Waals surface area contributed by atoms with Crippen LogP contribution in [0.25, 0.3) is 0 Å². The molecule has 1 aliphatic rings. The summed E-state index contributed by atoms with van der Waals surface area (Å²) in [6.45, 7) is 2.66. The van der Waals surface area contributed by atoms with Crippen LogP contribution in [0.15, 0.2) is 23.0 Å². The Balaban J connectivity index is 1.85. The minimum Gasteiger partial charge on any atom is -0.472 e. The lowest BCUT2D eigenvalue weighted by Gasteiger charge is -2.31. The molecule has 5 nitrogen and oxygen atoms in total. The van der Waals surface area contributed by atoms with Gasteiger partial charge in [0, 0.05) is 19.0 Å². The first kappa shape index (κ1) is 11.7. The van der Waals surface area contributed by atoms with E-state index in [1.54, 1.807) is 17.4 Å². The van der Waals surface area contributed by atoms with E-state index in [-0.39, 0.29) is 24.4 Å². The molecule has 0 saturated carbocycles. The molecule has 1 fully saturated rings. The molecule has 5 heteroatoms. The maximum atomic E-state index is 11.9. The van der Waals surface area contributed by atoms with Crippen LogP contribution in [0.2, 0.25) is 0 Å². The van der Waals surface area contributed by atoms with Crippen LogP contribution in [0.5, 0.6) is 0 Å². The number of furan rings is 1. The maximum absolute atomic E-state index is 11.9. The van der Waals surface area contributed by atoms with E-state index in [1.807, 2.05) is 13.0 Å². The second-order valence-corrected chi connectivity index (χ2v) is 4.37. The van der Waals surface area contributed by atoms with E-state index < -0.39 is 0 Å². The van der Waals surface area contributed by atoms with Crippen molar-refractivity contribution in [2.45, 2.75) is 25.8 Å². The quantitative estimate of drug-likeness (QED) is 0.834. The van der Waals surface area contributed by atoms with Crippen molar-refractivity contribution >= 4 is 11.8 Å². The lowest BCUT2D eigenvalue weighted by Crippen LogP contribution is -2.54. The third kappa shape index (κ3) is 3.09. The fourth-order valence-corrected chi connectivity index (χ4v) is 1.97. The van der Waals surface area contributed by atoms with Gasteiger partial charge in [0.1, 0.15) is 0 Å². The van der Waals surface area contributed by atoms with Crippen LogP contribution in [-0.4, -0.2) is 35.8 Å². The van der Waals surface area contributed by atoms with Gasteiger partial charge in [-0.05, 0) is 25.0 Å². The molecule has 92 valence electrons. The van der Waals surface area contributed by atoms with E-state index in [9.17, 15) is 9.59 Å². The highest BCUT2D eigenvalue weighted by Crippen LogP contribution is 2.07. The van der Waals surface area contributed by atoms with Crippen LogP contribution in [0.4, 0.5) is 0 Å². The van der Waals surface area contributed by atoms with Crippen molar-refractivity contribution in [1.82, 2.24) is 10.2 Å². The van der Waals surface area contributed by atoms with Crippen LogP contribution in [0.1, 0.15) is 18.9 Å². The van der Waals surface area contributed by atoms with Crippen molar-refractivity contribution in [2.75, 3.05) is 13.1 Å². The Morgan fingerprint density at radius 1 is 1.65 bits per heavy atom. The largest absolute Gasteiger partial charge is 0.472 e. The lowest BCUT2D eigenvalue weighted by atomic mass is 10.1. The number of amides is 2.